The van der Waals surface area contributed by atoms with E-state index in [2.05, 4.69) is 25.3 Å². The molecule has 0 fully saturated rings. The van der Waals surface area contributed by atoms with Crippen LogP contribution in [0.4, 0.5) is 16.0 Å². The van der Waals surface area contributed by atoms with E-state index in [1.165, 1.54) is 6.07 Å². The van der Waals surface area contributed by atoms with Gasteiger partial charge in [0.05, 0.1) is 0 Å². The van der Waals surface area contributed by atoms with Crippen LogP contribution < -0.4 is 5.32 Å². The minimum absolute atomic E-state index is 0.328. The average Bonchev–Trinajstić information content (AvgIpc) is 2.94. The maximum atomic E-state index is 14.5. The van der Waals surface area contributed by atoms with Gasteiger partial charge in [-0.1, -0.05) is 0 Å². The minimum atomic E-state index is -0.328. The third-order valence-corrected chi connectivity index (χ3v) is 3.67. The monoisotopic (exact) mass is 325 g/mol. The molecule has 0 unspecified atom stereocenters. The summed E-state index contributed by atoms with van der Waals surface area (Å²) >= 11 is 0. The molecule has 0 aliphatic rings. The third-order valence-electron chi connectivity index (χ3n) is 3.67. The van der Waals surface area contributed by atoms with Crippen LogP contribution >= 0.6 is 0 Å². The Balaban J connectivity index is 2.09. The van der Waals surface area contributed by atoms with Crippen molar-refractivity contribution >= 4 is 28.4 Å². The zero-order chi connectivity index (χ0) is 17.3. The van der Waals surface area contributed by atoms with Crippen LogP contribution in [-0.4, -0.2) is 27.2 Å². The molecule has 3 aromatic rings. The number of benzene rings is 1. The number of rotatable bonds is 4. The second-order valence-corrected chi connectivity index (χ2v) is 5.87. The van der Waals surface area contributed by atoms with Crippen molar-refractivity contribution in [2.75, 3.05) is 11.9 Å². The van der Waals surface area contributed by atoms with Crippen molar-refractivity contribution in [2.24, 2.45) is 4.99 Å². The van der Waals surface area contributed by atoms with Crippen molar-refractivity contribution in [3.63, 3.8) is 0 Å². The van der Waals surface area contributed by atoms with Gasteiger partial charge in [0.25, 0.3) is 0 Å². The van der Waals surface area contributed by atoms with Crippen LogP contribution in [0.15, 0.2) is 29.5 Å². The van der Waals surface area contributed by atoms with E-state index in [-0.39, 0.29) is 5.82 Å². The summed E-state index contributed by atoms with van der Waals surface area (Å²) < 4.78 is 14.5. The molecule has 0 atom stereocenters. The predicted octanol–water partition coefficient (Wildman–Crippen LogP) is 4.62. The first kappa shape index (κ1) is 16.1. The molecule has 0 bridgehead atoms. The molecule has 24 heavy (non-hydrogen) atoms. The average molecular weight is 325 g/mol. The lowest BCUT2D eigenvalue weighted by atomic mass is 10.0. The lowest BCUT2D eigenvalue weighted by molar-refractivity contribution is 0.629. The van der Waals surface area contributed by atoms with Crippen molar-refractivity contribution in [3.8, 4) is 11.1 Å². The van der Waals surface area contributed by atoms with E-state index in [0.29, 0.717) is 11.6 Å². The summed E-state index contributed by atoms with van der Waals surface area (Å²) in [5, 5.41) is 3.94. The van der Waals surface area contributed by atoms with Crippen LogP contribution in [0.25, 0.3) is 22.2 Å². The Labute approximate surface area is 140 Å². The molecule has 0 amide bonds. The smallest absolute Gasteiger partial charge is 0.224 e. The van der Waals surface area contributed by atoms with Gasteiger partial charge in [0.1, 0.15) is 17.2 Å². The maximum Gasteiger partial charge on any atom is 0.224 e. The largest absolute Gasteiger partial charge is 0.354 e. The standard InChI is InChI=1S/C18H20FN5/c1-5-20-18-22-9-14-13(8-21-17(14)24-18)12-6-11(4)16(15(19)7-12)23-10(2)3/h6-9H,5H2,1-4H3,(H2,20,21,22,24). The first-order valence-corrected chi connectivity index (χ1v) is 7.90. The highest BCUT2D eigenvalue weighted by Gasteiger charge is 2.13. The summed E-state index contributed by atoms with van der Waals surface area (Å²) in [6.45, 7) is 8.31. The van der Waals surface area contributed by atoms with Gasteiger partial charge in [-0.3, -0.25) is 4.99 Å². The quantitative estimate of drug-likeness (QED) is 0.688. The van der Waals surface area contributed by atoms with E-state index in [4.69, 9.17) is 0 Å². The van der Waals surface area contributed by atoms with Crippen molar-refractivity contribution < 1.29 is 4.39 Å². The van der Waals surface area contributed by atoms with Crippen molar-refractivity contribution in [3.05, 3.63) is 35.9 Å². The summed E-state index contributed by atoms with van der Waals surface area (Å²) in [4.78, 5) is 16.1. The van der Waals surface area contributed by atoms with Crippen LogP contribution in [-0.2, 0) is 0 Å². The molecule has 0 saturated heterocycles. The molecular formula is C18H20FN5. The van der Waals surface area contributed by atoms with Crippen molar-refractivity contribution in [1.29, 1.82) is 0 Å². The molecule has 0 spiro atoms. The van der Waals surface area contributed by atoms with Crippen LogP contribution in [0, 0.1) is 12.7 Å². The second-order valence-electron chi connectivity index (χ2n) is 5.87. The highest BCUT2D eigenvalue weighted by Crippen LogP contribution is 2.33. The minimum Gasteiger partial charge on any atom is -0.354 e. The number of aromatic amines is 1. The molecule has 2 aromatic heterocycles. The van der Waals surface area contributed by atoms with E-state index in [0.717, 1.165) is 40.0 Å². The molecule has 0 aliphatic heterocycles. The van der Waals surface area contributed by atoms with Crippen LogP contribution in [0.1, 0.15) is 26.3 Å². The second kappa shape index (κ2) is 6.39. The van der Waals surface area contributed by atoms with E-state index in [1.807, 2.05) is 40.0 Å². The van der Waals surface area contributed by atoms with Gasteiger partial charge in [0, 0.05) is 35.6 Å². The number of H-pyrrole nitrogens is 1. The van der Waals surface area contributed by atoms with E-state index < -0.39 is 0 Å². The summed E-state index contributed by atoms with van der Waals surface area (Å²) in [6, 6.07) is 3.45. The van der Waals surface area contributed by atoms with Gasteiger partial charge >= 0.3 is 0 Å². The number of halogens is 1. The number of fused-ring (bicyclic) bond motifs is 1. The fourth-order valence-corrected chi connectivity index (χ4v) is 2.65. The lowest BCUT2D eigenvalue weighted by Gasteiger charge is -2.07. The molecular weight excluding hydrogens is 305 g/mol. The van der Waals surface area contributed by atoms with E-state index >= 15 is 0 Å². The first-order chi connectivity index (χ1) is 11.5. The highest BCUT2D eigenvalue weighted by molar-refractivity contribution is 5.94. The van der Waals surface area contributed by atoms with Crippen LogP contribution in [0.2, 0.25) is 0 Å². The van der Waals surface area contributed by atoms with Gasteiger partial charge in [0.15, 0.2) is 0 Å². The number of anilines is 1. The summed E-state index contributed by atoms with van der Waals surface area (Å²) in [6.07, 6.45) is 3.58. The molecule has 1 aromatic carbocycles. The van der Waals surface area contributed by atoms with Crippen molar-refractivity contribution in [2.45, 2.75) is 27.7 Å². The molecule has 2 heterocycles. The van der Waals surface area contributed by atoms with Crippen LogP contribution in [0.5, 0.6) is 0 Å². The maximum absolute atomic E-state index is 14.5. The molecule has 0 aliphatic carbocycles. The highest BCUT2D eigenvalue weighted by atomic mass is 19.1. The predicted molar refractivity (Wildman–Crippen MR) is 96.6 cm³/mol. The number of aryl methyl sites for hydroxylation is 1. The Morgan fingerprint density at radius 1 is 1.33 bits per heavy atom. The van der Waals surface area contributed by atoms with E-state index in [9.17, 15) is 4.39 Å². The zero-order valence-corrected chi connectivity index (χ0v) is 14.2. The van der Waals surface area contributed by atoms with Gasteiger partial charge in [-0.25, -0.2) is 9.37 Å². The van der Waals surface area contributed by atoms with Gasteiger partial charge in [0.2, 0.25) is 5.95 Å². The number of aliphatic imine (C=N–C) groups is 1. The fourth-order valence-electron chi connectivity index (χ4n) is 2.65. The molecule has 0 saturated carbocycles. The molecule has 124 valence electrons. The first-order valence-electron chi connectivity index (χ1n) is 7.90. The zero-order valence-electron chi connectivity index (χ0n) is 14.2. The lowest BCUT2D eigenvalue weighted by Crippen LogP contribution is -2.01. The number of aromatic nitrogens is 3. The Kier molecular flexibility index (Phi) is 4.29. The number of hydrogen-bond acceptors (Lipinski definition) is 4. The van der Waals surface area contributed by atoms with Gasteiger partial charge in [-0.2, -0.15) is 4.98 Å². The van der Waals surface area contributed by atoms with Crippen LogP contribution in [0.3, 0.4) is 0 Å². The van der Waals surface area contributed by atoms with Gasteiger partial charge in [-0.05, 0) is 51.0 Å². The Bertz CT molecular complexity index is 899. The molecule has 6 heteroatoms. The normalized spacial score (nSPS) is 10.9. The summed E-state index contributed by atoms with van der Waals surface area (Å²) in [7, 11) is 0. The molecule has 5 nitrogen and oxygen atoms in total. The number of nitrogens with zero attached hydrogens (tertiary/aromatic N) is 3. The number of hydrogen-bond donors (Lipinski definition) is 2. The summed E-state index contributed by atoms with van der Waals surface area (Å²) in [5.41, 5.74) is 4.39. The molecule has 2 N–H and O–H groups in total. The number of nitrogens with one attached hydrogen (secondary N) is 2. The van der Waals surface area contributed by atoms with Gasteiger partial charge < -0.3 is 10.3 Å². The SMILES string of the molecule is CCNc1ncc2c(-c3cc(C)c(N=C(C)C)c(F)c3)c[nH]c2n1. The van der Waals surface area contributed by atoms with E-state index in [1.54, 1.807) is 6.20 Å². The Morgan fingerprint density at radius 2 is 2.12 bits per heavy atom. The van der Waals surface area contributed by atoms with Gasteiger partial charge in [-0.15, -0.1) is 0 Å². The Morgan fingerprint density at radius 3 is 2.79 bits per heavy atom. The fraction of sp³-hybridized carbons (Fsp3) is 0.278. The molecule has 0 radical (unpaired) electrons. The Hall–Kier alpha value is -2.76. The summed E-state index contributed by atoms with van der Waals surface area (Å²) in [5.74, 6) is 0.245. The van der Waals surface area contributed by atoms with Crippen molar-refractivity contribution in [1.82, 2.24) is 15.0 Å². The third kappa shape index (κ3) is 2.99. The topological polar surface area (TPSA) is 66.0 Å². The molecule has 3 rings (SSSR count).